The average Bonchev–Trinajstić information content (AvgIpc) is 3.91. The van der Waals surface area contributed by atoms with Gasteiger partial charge < -0.3 is 53.6 Å². The van der Waals surface area contributed by atoms with Gasteiger partial charge in [-0.3, -0.25) is 19.4 Å². The van der Waals surface area contributed by atoms with E-state index in [0.717, 1.165) is 11.3 Å². The van der Waals surface area contributed by atoms with Crippen LogP contribution in [0.2, 0.25) is 0 Å². The Hall–Kier alpha value is -5.01. The zero-order chi connectivity index (χ0) is 50.4. The van der Waals surface area contributed by atoms with Crippen molar-refractivity contribution in [1.29, 1.82) is 0 Å². The number of esters is 2. The first-order chi connectivity index (χ1) is 32.7. The van der Waals surface area contributed by atoms with Crippen LogP contribution in [-0.2, 0) is 55.8 Å². The van der Waals surface area contributed by atoms with Gasteiger partial charge in [-0.15, -0.1) is 0 Å². The fourth-order valence-electron chi connectivity index (χ4n) is 10.8. The number of nitrogen functional groups attached to an aromatic ring is 1. The topological polar surface area (TPSA) is 220 Å². The van der Waals surface area contributed by atoms with Crippen molar-refractivity contribution in [3.63, 3.8) is 0 Å². The van der Waals surface area contributed by atoms with E-state index >= 15 is 4.79 Å². The van der Waals surface area contributed by atoms with Crippen molar-refractivity contribution < 1.29 is 52.7 Å². The first kappa shape index (κ1) is 53.3. The summed E-state index contributed by atoms with van der Waals surface area (Å²) in [6.45, 7) is 17.9. The van der Waals surface area contributed by atoms with Crippen LogP contribution in [0.1, 0.15) is 100.0 Å². The van der Waals surface area contributed by atoms with Gasteiger partial charge in [0.25, 0.3) is 0 Å². The molecular weight excluding hydrogens is 887 g/mol. The van der Waals surface area contributed by atoms with Crippen LogP contribution in [0, 0.1) is 23.7 Å². The van der Waals surface area contributed by atoms with Crippen LogP contribution >= 0.6 is 0 Å². The number of imidazole rings is 1. The van der Waals surface area contributed by atoms with Crippen molar-refractivity contribution in [2.45, 2.75) is 167 Å². The number of unbranched alkanes of at least 4 members (excludes halogenated alkanes) is 1. The fourth-order valence-corrected chi connectivity index (χ4v) is 10.8. The van der Waals surface area contributed by atoms with Crippen LogP contribution in [-0.4, -0.2) is 146 Å². The molecule has 3 N–H and O–H groups in total. The van der Waals surface area contributed by atoms with Crippen LogP contribution < -0.4 is 5.73 Å². The minimum Gasteiger partial charge on any atom is -0.461 e. The molecule has 18 heteroatoms. The second-order valence-electron chi connectivity index (χ2n) is 19.9. The molecule has 3 aliphatic rings. The molecule has 3 aromatic rings. The molecule has 3 fully saturated rings. The minimum atomic E-state index is -1.45. The van der Waals surface area contributed by atoms with Crippen molar-refractivity contribution in [2.75, 3.05) is 33.0 Å². The van der Waals surface area contributed by atoms with E-state index < -0.39 is 89.7 Å². The summed E-state index contributed by atoms with van der Waals surface area (Å²) in [7, 11) is 3.46. The summed E-state index contributed by atoms with van der Waals surface area (Å²) >= 11 is 0. The molecule has 0 radical (unpaired) electrons. The van der Waals surface area contributed by atoms with E-state index in [1.165, 1.54) is 7.11 Å². The van der Waals surface area contributed by atoms with Crippen LogP contribution in [0.15, 0.2) is 55.4 Å². The number of nitrogens with two attached hydrogens (primary N) is 1. The molecule has 69 heavy (non-hydrogen) atoms. The third-order valence-electron chi connectivity index (χ3n) is 14.9. The summed E-state index contributed by atoms with van der Waals surface area (Å²) in [4.78, 5) is 74.4. The molecule has 380 valence electrons. The minimum absolute atomic E-state index is 0.113. The number of hydrogen-bond acceptors (Lipinski definition) is 16. The lowest BCUT2D eigenvalue weighted by Crippen LogP contribution is -2.61. The second kappa shape index (κ2) is 22.8. The Bertz CT molecular complexity index is 2200. The SMILES string of the molecule is CC[C@H]1OC(=O)[C@H](C)[C@@H](OC(=O)Cc2cccnc2)[C@H](C)[C@@H](O[C@@H]2O[C@H](C)C[C@H](N(C)CC)[C@H]2O)[C@](C)(OC)C[C@@H](C)C(=O)[C@H](C)[C@H]2N(CCCCn3cnc(-c4ccc(N)nc4)c3)C(=O)O[C@]12C. The zero-order valence-electron chi connectivity index (χ0n) is 42.3. The summed E-state index contributed by atoms with van der Waals surface area (Å²) in [5.74, 6) is -4.44. The van der Waals surface area contributed by atoms with Crippen molar-refractivity contribution in [2.24, 2.45) is 23.7 Å². The van der Waals surface area contributed by atoms with Crippen LogP contribution in [0.4, 0.5) is 10.6 Å². The number of Topliss-reactive ketones (excluding diaryl/α,β-unsaturated/α-hetero) is 1. The quantitative estimate of drug-likeness (QED) is 0.103. The summed E-state index contributed by atoms with van der Waals surface area (Å²) in [5, 5.41) is 11.9. The molecule has 3 saturated heterocycles. The Morgan fingerprint density at radius 1 is 1.01 bits per heavy atom. The highest BCUT2D eigenvalue weighted by Gasteiger charge is 2.60. The first-order valence-electron chi connectivity index (χ1n) is 24.5. The van der Waals surface area contributed by atoms with Gasteiger partial charge in [-0.25, -0.2) is 14.8 Å². The zero-order valence-corrected chi connectivity index (χ0v) is 42.3. The molecule has 6 rings (SSSR count). The summed E-state index contributed by atoms with van der Waals surface area (Å²) in [6, 6.07) is 5.94. The summed E-state index contributed by atoms with van der Waals surface area (Å²) in [6.07, 6.45) is 4.21. The highest BCUT2D eigenvalue weighted by Crippen LogP contribution is 2.44. The molecule has 3 aromatic heterocycles. The number of ketones is 1. The predicted molar refractivity (Wildman–Crippen MR) is 256 cm³/mol. The highest BCUT2D eigenvalue weighted by atomic mass is 16.7. The van der Waals surface area contributed by atoms with Gasteiger partial charge in [0.15, 0.2) is 11.9 Å². The Labute approximate surface area is 406 Å². The molecule has 0 saturated carbocycles. The number of methoxy groups -OCH3 is 1. The van der Waals surface area contributed by atoms with Gasteiger partial charge in [0.2, 0.25) is 0 Å². The number of carbonyl (C=O) groups excluding carboxylic acids is 4. The predicted octanol–water partition coefficient (Wildman–Crippen LogP) is 5.88. The molecule has 18 nitrogen and oxygen atoms in total. The average molecular weight is 962 g/mol. The van der Waals surface area contributed by atoms with Crippen molar-refractivity contribution in [1.82, 2.24) is 29.3 Å². The van der Waals surface area contributed by atoms with Crippen molar-refractivity contribution in [3.05, 3.63) is 60.9 Å². The molecule has 14 atom stereocenters. The van der Waals surface area contributed by atoms with Gasteiger partial charge in [-0.2, -0.15) is 0 Å². The maximum absolute atomic E-state index is 15.1. The number of aliphatic hydroxyl groups is 1. The lowest BCUT2D eigenvalue weighted by molar-refractivity contribution is -0.302. The molecule has 0 bridgehead atoms. The number of nitrogens with zero attached hydrogens (tertiary/aromatic N) is 6. The van der Waals surface area contributed by atoms with E-state index in [0.29, 0.717) is 43.7 Å². The number of aromatic nitrogens is 4. The number of cyclic esters (lactones) is 1. The maximum Gasteiger partial charge on any atom is 0.410 e. The molecule has 0 spiro atoms. The van der Waals surface area contributed by atoms with Gasteiger partial charge in [0.05, 0.1) is 48.2 Å². The molecule has 1 amide bonds. The fraction of sp³-hybridized carbons (Fsp3) is 0.667. The number of aryl methyl sites for hydroxylation is 1. The number of carbonyl (C=O) groups is 4. The monoisotopic (exact) mass is 962 g/mol. The van der Waals surface area contributed by atoms with E-state index in [9.17, 15) is 19.5 Å². The smallest absolute Gasteiger partial charge is 0.410 e. The van der Waals surface area contributed by atoms with Crippen molar-refractivity contribution in [3.8, 4) is 11.3 Å². The lowest BCUT2D eigenvalue weighted by atomic mass is 9.73. The number of likely N-dealkylation sites (N-methyl/N-ethyl adjacent to an activating group) is 1. The number of rotatable bonds is 15. The Morgan fingerprint density at radius 3 is 2.41 bits per heavy atom. The molecule has 0 aromatic carbocycles. The number of amides is 1. The lowest BCUT2D eigenvalue weighted by Gasteiger charge is -2.48. The Kier molecular flexibility index (Phi) is 17.6. The molecule has 6 heterocycles. The van der Waals surface area contributed by atoms with Gasteiger partial charge in [-0.1, -0.05) is 40.7 Å². The Balaban J connectivity index is 1.34. The molecule has 3 aliphatic heterocycles. The van der Waals surface area contributed by atoms with E-state index in [4.69, 9.17) is 34.2 Å². The third kappa shape index (κ3) is 12.0. The number of anilines is 1. The highest BCUT2D eigenvalue weighted by molar-refractivity contribution is 5.85. The number of ether oxygens (including phenoxy) is 6. The standard InChI is InChI=1S/C51H75N7O11/c1-12-39-51(9)45(58(49(63)69-51)22-15-14-21-57-28-37(55-29-57)36-18-19-40(52)54-27-36)32(5)42(60)30(3)25-50(8,64-11)46(68-48-43(61)38(56(10)13-2)23-31(4)65-48)33(6)44(34(7)47(62)66-39)67-41(59)24-35-17-16-20-53-26-35/h16-20,26-34,38-39,43-46,48,61H,12-15,21-25H2,1-11H3,(H2,52,54)/t30-,31-,32+,33+,34-,38+,39-,43-,44+,45-,46-,48+,50-,51-/m1/s1. The van der Waals surface area contributed by atoms with Gasteiger partial charge in [0.1, 0.15) is 29.9 Å². The molecule has 0 unspecified atom stereocenters. The van der Waals surface area contributed by atoms with E-state index in [2.05, 4.69) is 15.0 Å². The van der Waals surface area contributed by atoms with Crippen LogP contribution in [0.3, 0.4) is 0 Å². The number of hydrogen-bond donors (Lipinski definition) is 2. The van der Waals surface area contributed by atoms with Crippen LogP contribution in [0.25, 0.3) is 11.3 Å². The summed E-state index contributed by atoms with van der Waals surface area (Å²) in [5.41, 5.74) is 5.22. The number of pyridine rings is 2. The maximum atomic E-state index is 15.1. The Morgan fingerprint density at radius 2 is 1.75 bits per heavy atom. The first-order valence-corrected chi connectivity index (χ1v) is 24.5. The van der Waals surface area contributed by atoms with E-state index in [1.54, 1.807) is 75.7 Å². The number of aliphatic hydroxyl groups excluding tert-OH is 1. The third-order valence-corrected chi connectivity index (χ3v) is 14.9. The van der Waals surface area contributed by atoms with Crippen LogP contribution in [0.5, 0.6) is 0 Å². The van der Waals surface area contributed by atoms with Gasteiger partial charge >= 0.3 is 18.0 Å². The van der Waals surface area contributed by atoms with Gasteiger partial charge in [-0.05, 0) is 97.2 Å². The summed E-state index contributed by atoms with van der Waals surface area (Å²) < 4.78 is 40.7. The van der Waals surface area contributed by atoms with Crippen molar-refractivity contribution >= 4 is 29.6 Å². The molecule has 0 aliphatic carbocycles. The largest absolute Gasteiger partial charge is 0.461 e. The van der Waals surface area contributed by atoms with Gasteiger partial charge in [0, 0.05) is 74.3 Å². The van der Waals surface area contributed by atoms with E-state index in [-0.39, 0.29) is 43.7 Å². The number of fused-ring (bicyclic) bond motifs is 1. The normalized spacial score (nSPS) is 33.6. The molecular formula is C51H75N7O11. The van der Waals surface area contributed by atoms with E-state index in [1.807, 2.05) is 63.4 Å². The second-order valence-corrected chi connectivity index (χ2v) is 19.9.